The van der Waals surface area contributed by atoms with E-state index >= 15 is 0 Å². The lowest BCUT2D eigenvalue weighted by Crippen LogP contribution is -2.11. The largest absolute Gasteiger partial charge is 0.388 e. The van der Waals surface area contributed by atoms with Gasteiger partial charge in [-0.3, -0.25) is 0 Å². The Morgan fingerprint density at radius 3 is 2.76 bits per heavy atom. The number of aliphatic hydroxyl groups is 1. The fourth-order valence-electron chi connectivity index (χ4n) is 2.93. The maximum atomic E-state index is 11.7. The van der Waals surface area contributed by atoms with Crippen molar-refractivity contribution in [1.82, 2.24) is 14.8 Å². The number of sulfone groups is 1. The molecule has 2 heterocycles. The van der Waals surface area contributed by atoms with E-state index in [2.05, 4.69) is 16.8 Å². The molecule has 8 heteroatoms. The van der Waals surface area contributed by atoms with Crippen LogP contribution in [0, 0.1) is 0 Å². The number of benzene rings is 1. The van der Waals surface area contributed by atoms with Gasteiger partial charge in [-0.1, -0.05) is 48.2 Å². The Bertz CT molecular complexity index is 834. The Labute approximate surface area is 151 Å². The maximum Gasteiger partial charge on any atom is 0.191 e. The van der Waals surface area contributed by atoms with E-state index in [-0.39, 0.29) is 17.4 Å². The van der Waals surface area contributed by atoms with Gasteiger partial charge >= 0.3 is 0 Å². The summed E-state index contributed by atoms with van der Waals surface area (Å²) in [6.45, 7) is 4.28. The van der Waals surface area contributed by atoms with Crippen molar-refractivity contribution >= 4 is 21.6 Å². The molecule has 134 valence electrons. The highest BCUT2D eigenvalue weighted by Gasteiger charge is 2.33. The number of allylic oxidation sites excluding steroid dienone is 1. The lowest BCUT2D eigenvalue weighted by atomic mass is 10.1. The van der Waals surface area contributed by atoms with Crippen molar-refractivity contribution in [2.45, 2.75) is 30.1 Å². The topological polar surface area (TPSA) is 85.1 Å². The smallest absolute Gasteiger partial charge is 0.191 e. The first-order valence-electron chi connectivity index (χ1n) is 8.10. The Morgan fingerprint density at radius 2 is 2.12 bits per heavy atom. The minimum Gasteiger partial charge on any atom is -0.388 e. The first-order chi connectivity index (χ1) is 12.0. The predicted molar refractivity (Wildman–Crippen MR) is 98.4 cm³/mol. The van der Waals surface area contributed by atoms with E-state index in [0.717, 1.165) is 5.56 Å². The molecule has 0 aliphatic carbocycles. The van der Waals surface area contributed by atoms with Crippen LogP contribution in [-0.4, -0.2) is 45.5 Å². The van der Waals surface area contributed by atoms with Crippen LogP contribution in [0.1, 0.15) is 29.8 Å². The van der Waals surface area contributed by atoms with E-state index in [0.29, 0.717) is 29.7 Å². The van der Waals surface area contributed by atoms with Crippen LogP contribution in [-0.2, 0) is 16.4 Å². The molecular weight excluding hydrogens is 358 g/mol. The number of aliphatic hydroxyl groups excluding tert-OH is 1. The van der Waals surface area contributed by atoms with E-state index in [4.69, 9.17) is 0 Å². The van der Waals surface area contributed by atoms with Crippen molar-refractivity contribution in [2.24, 2.45) is 0 Å². The Kier molecular flexibility index (Phi) is 5.61. The molecule has 1 aliphatic rings. The molecule has 0 unspecified atom stereocenters. The summed E-state index contributed by atoms with van der Waals surface area (Å²) >= 11 is 1.41. The second kappa shape index (κ2) is 7.72. The summed E-state index contributed by atoms with van der Waals surface area (Å²) in [4.78, 5) is 0. The minimum atomic E-state index is -2.98. The van der Waals surface area contributed by atoms with E-state index in [1.165, 1.54) is 11.8 Å². The fourth-order valence-corrected chi connectivity index (χ4v) is 5.59. The molecule has 2 atom stereocenters. The normalized spacial score (nSPS) is 20.4. The Morgan fingerprint density at radius 1 is 1.36 bits per heavy atom. The van der Waals surface area contributed by atoms with Crippen molar-refractivity contribution in [1.29, 1.82) is 0 Å². The first-order valence-corrected chi connectivity index (χ1v) is 10.9. The monoisotopic (exact) mass is 379 g/mol. The van der Waals surface area contributed by atoms with Gasteiger partial charge in [0.15, 0.2) is 15.0 Å². The van der Waals surface area contributed by atoms with Crippen LogP contribution in [0.4, 0.5) is 0 Å². The van der Waals surface area contributed by atoms with Crippen LogP contribution >= 0.6 is 11.8 Å². The number of hydrogen-bond acceptors (Lipinski definition) is 6. The molecule has 0 saturated carbocycles. The summed E-state index contributed by atoms with van der Waals surface area (Å²) in [5.41, 5.74) is 0.854. The average Bonchev–Trinajstić information content (AvgIpc) is 3.16. The molecule has 1 N–H and O–H groups in total. The quantitative estimate of drug-likeness (QED) is 0.586. The third-order valence-electron chi connectivity index (χ3n) is 4.21. The highest BCUT2D eigenvalue weighted by atomic mass is 32.2. The molecule has 1 aliphatic heterocycles. The van der Waals surface area contributed by atoms with Gasteiger partial charge in [0.05, 0.1) is 17.6 Å². The van der Waals surface area contributed by atoms with Gasteiger partial charge in [0.25, 0.3) is 0 Å². The molecule has 1 saturated heterocycles. The Balaban J connectivity index is 1.74. The summed E-state index contributed by atoms with van der Waals surface area (Å²) in [5, 5.41) is 19.4. The summed E-state index contributed by atoms with van der Waals surface area (Å²) in [7, 11) is -2.98. The zero-order valence-corrected chi connectivity index (χ0v) is 15.4. The third-order valence-corrected chi connectivity index (χ3v) is 7.02. The molecular formula is C17H21N3O3S2. The second-order valence-electron chi connectivity index (χ2n) is 6.08. The van der Waals surface area contributed by atoms with Crippen LogP contribution in [0.15, 0.2) is 48.1 Å². The molecule has 1 fully saturated rings. The van der Waals surface area contributed by atoms with Crippen molar-refractivity contribution in [3.05, 3.63) is 54.4 Å². The van der Waals surface area contributed by atoms with Crippen molar-refractivity contribution in [3.63, 3.8) is 0 Å². The van der Waals surface area contributed by atoms with Gasteiger partial charge in [0, 0.05) is 18.2 Å². The predicted octanol–water partition coefficient (Wildman–Crippen LogP) is 2.19. The summed E-state index contributed by atoms with van der Waals surface area (Å²) in [5.74, 6) is 1.35. The van der Waals surface area contributed by atoms with Crippen LogP contribution < -0.4 is 0 Å². The molecule has 0 radical (unpaired) electrons. The maximum absolute atomic E-state index is 11.7. The van der Waals surface area contributed by atoms with Gasteiger partial charge in [-0.2, -0.15) is 0 Å². The average molecular weight is 380 g/mol. The summed E-state index contributed by atoms with van der Waals surface area (Å²) in [6, 6.07) is 9.46. The molecule has 1 aromatic carbocycles. The standard InChI is InChI=1S/C17H21N3O3S2/c1-2-9-20-16(14-8-10-25(22,23)12-14)18-19-17(20)24-11-15(21)13-6-4-3-5-7-13/h2-7,14-15,21H,1,8-12H2/t14-,15+/m1/s1. The zero-order chi connectivity index (χ0) is 17.9. The van der Waals surface area contributed by atoms with Crippen LogP contribution in [0.5, 0.6) is 0 Å². The van der Waals surface area contributed by atoms with Gasteiger partial charge in [-0.05, 0) is 12.0 Å². The molecule has 1 aromatic heterocycles. The molecule has 0 spiro atoms. The van der Waals surface area contributed by atoms with E-state index in [1.807, 2.05) is 34.9 Å². The van der Waals surface area contributed by atoms with Crippen molar-refractivity contribution < 1.29 is 13.5 Å². The van der Waals surface area contributed by atoms with Crippen LogP contribution in [0.3, 0.4) is 0 Å². The lowest BCUT2D eigenvalue weighted by molar-refractivity contribution is 0.204. The molecule has 0 bridgehead atoms. The van der Waals surface area contributed by atoms with Gasteiger partial charge in [0.1, 0.15) is 5.82 Å². The van der Waals surface area contributed by atoms with Gasteiger partial charge < -0.3 is 9.67 Å². The second-order valence-corrected chi connectivity index (χ2v) is 9.29. The van der Waals surface area contributed by atoms with Crippen molar-refractivity contribution in [3.8, 4) is 0 Å². The first kappa shape index (κ1) is 18.2. The number of hydrogen-bond donors (Lipinski definition) is 1. The van der Waals surface area contributed by atoms with Gasteiger partial charge in [-0.25, -0.2) is 8.42 Å². The molecule has 3 rings (SSSR count). The number of thioether (sulfide) groups is 1. The lowest BCUT2D eigenvalue weighted by Gasteiger charge is -2.13. The third kappa shape index (κ3) is 4.31. The van der Waals surface area contributed by atoms with E-state index in [1.54, 1.807) is 6.08 Å². The Hall–Kier alpha value is -1.64. The molecule has 0 amide bonds. The molecule has 25 heavy (non-hydrogen) atoms. The summed E-state index contributed by atoms with van der Waals surface area (Å²) in [6.07, 6.45) is 1.72. The van der Waals surface area contributed by atoms with Crippen molar-refractivity contribution in [2.75, 3.05) is 17.3 Å². The fraction of sp³-hybridized carbons (Fsp3) is 0.412. The molecule has 2 aromatic rings. The highest BCUT2D eigenvalue weighted by molar-refractivity contribution is 7.99. The summed E-state index contributed by atoms with van der Waals surface area (Å²) < 4.78 is 25.4. The number of aromatic nitrogens is 3. The molecule has 6 nitrogen and oxygen atoms in total. The minimum absolute atomic E-state index is 0.120. The van der Waals surface area contributed by atoms with Crippen LogP contribution in [0.2, 0.25) is 0 Å². The number of rotatable bonds is 7. The highest BCUT2D eigenvalue weighted by Crippen LogP contribution is 2.31. The van der Waals surface area contributed by atoms with E-state index in [9.17, 15) is 13.5 Å². The number of nitrogens with zero attached hydrogens (tertiary/aromatic N) is 3. The van der Waals surface area contributed by atoms with Gasteiger partial charge in [0.2, 0.25) is 0 Å². The van der Waals surface area contributed by atoms with Crippen LogP contribution in [0.25, 0.3) is 0 Å². The SMILES string of the molecule is C=CCn1c(SC[C@H](O)c2ccccc2)nnc1[C@@H]1CCS(=O)(=O)C1. The van der Waals surface area contributed by atoms with E-state index < -0.39 is 15.9 Å². The van der Waals surface area contributed by atoms with Gasteiger partial charge in [-0.15, -0.1) is 16.8 Å². The zero-order valence-electron chi connectivity index (χ0n) is 13.8.